The first kappa shape index (κ1) is 11.3. The van der Waals surface area contributed by atoms with Gasteiger partial charge in [-0.05, 0) is 31.2 Å². The highest BCUT2D eigenvalue weighted by molar-refractivity contribution is 7.17. The molecule has 2 heterocycles. The Kier molecular flexibility index (Phi) is 3.69. The van der Waals surface area contributed by atoms with Gasteiger partial charge in [0.1, 0.15) is 12.1 Å². The van der Waals surface area contributed by atoms with E-state index in [1.54, 1.807) is 17.7 Å². The van der Waals surface area contributed by atoms with Crippen molar-refractivity contribution in [1.82, 2.24) is 9.97 Å². The quantitative estimate of drug-likeness (QED) is 0.781. The van der Waals surface area contributed by atoms with E-state index in [4.69, 9.17) is 5.73 Å². The second-order valence-electron chi connectivity index (χ2n) is 3.90. The van der Waals surface area contributed by atoms with Crippen LogP contribution in [0.3, 0.4) is 0 Å². The van der Waals surface area contributed by atoms with Gasteiger partial charge in [-0.3, -0.25) is 0 Å². The monoisotopic (exact) mass is 236 g/mol. The van der Waals surface area contributed by atoms with Gasteiger partial charge in [-0.15, -0.1) is 11.3 Å². The lowest BCUT2D eigenvalue weighted by Crippen LogP contribution is -2.16. The van der Waals surface area contributed by atoms with E-state index < -0.39 is 0 Å². The lowest BCUT2D eigenvalue weighted by Gasteiger charge is -2.07. The first-order chi connectivity index (χ1) is 7.77. The predicted octanol–water partition coefficient (Wildman–Crippen LogP) is 2.23. The Balaban J connectivity index is 1.96. The maximum atomic E-state index is 5.69. The number of fused-ring (bicyclic) bond motifs is 1. The van der Waals surface area contributed by atoms with Gasteiger partial charge >= 0.3 is 0 Å². The molecule has 3 N–H and O–H groups in total. The molecule has 0 aromatic carbocycles. The fraction of sp³-hybridized carbons (Fsp3) is 0.455. The second-order valence-corrected chi connectivity index (χ2v) is 4.82. The minimum Gasteiger partial charge on any atom is -0.369 e. The molecule has 16 heavy (non-hydrogen) atoms. The number of nitrogens with two attached hydrogens (primary N) is 1. The summed E-state index contributed by atoms with van der Waals surface area (Å²) in [5, 5.41) is 5.37. The Bertz CT molecular complexity index is 452. The maximum absolute atomic E-state index is 5.69. The number of hydrogen-bond acceptors (Lipinski definition) is 5. The van der Waals surface area contributed by atoms with E-state index in [0.717, 1.165) is 35.4 Å². The summed E-state index contributed by atoms with van der Waals surface area (Å²) in [5.41, 5.74) is 6.70. The molecule has 2 aromatic rings. The fourth-order valence-corrected chi connectivity index (χ4v) is 2.36. The number of aromatic nitrogens is 2. The van der Waals surface area contributed by atoms with Gasteiger partial charge < -0.3 is 11.1 Å². The van der Waals surface area contributed by atoms with E-state index >= 15 is 0 Å². The first-order valence-corrected chi connectivity index (χ1v) is 6.33. The third-order valence-corrected chi connectivity index (χ3v) is 3.28. The van der Waals surface area contributed by atoms with Gasteiger partial charge in [0.25, 0.3) is 0 Å². The van der Waals surface area contributed by atoms with E-state index in [0.29, 0.717) is 0 Å². The largest absolute Gasteiger partial charge is 0.369 e. The topological polar surface area (TPSA) is 63.8 Å². The summed E-state index contributed by atoms with van der Waals surface area (Å²) < 4.78 is 1.13. The molecule has 86 valence electrons. The Morgan fingerprint density at radius 1 is 1.50 bits per heavy atom. The highest BCUT2D eigenvalue weighted by Crippen LogP contribution is 2.24. The van der Waals surface area contributed by atoms with Crippen LogP contribution in [0.2, 0.25) is 0 Å². The van der Waals surface area contributed by atoms with E-state index in [9.17, 15) is 0 Å². The summed E-state index contributed by atoms with van der Waals surface area (Å²) in [6, 6.07) is 2.28. The highest BCUT2D eigenvalue weighted by Gasteiger charge is 2.03. The van der Waals surface area contributed by atoms with Gasteiger partial charge in [0, 0.05) is 12.6 Å². The van der Waals surface area contributed by atoms with Gasteiger partial charge in [0.05, 0.1) is 10.2 Å². The lowest BCUT2D eigenvalue weighted by molar-refractivity contribution is 0.639. The summed E-state index contributed by atoms with van der Waals surface area (Å²) in [4.78, 5) is 8.45. The standard InChI is InChI=1S/C11H16N4S/c1-8(12)3-2-5-13-11-10-9(4-6-16-10)14-7-15-11/h4,6-8H,2-3,5,12H2,1H3,(H,13,14,15). The van der Waals surface area contributed by atoms with Crippen LogP contribution in [0.5, 0.6) is 0 Å². The Labute approximate surface area is 98.9 Å². The average Bonchev–Trinajstić information content (AvgIpc) is 2.72. The molecule has 1 atom stereocenters. The second kappa shape index (κ2) is 5.23. The summed E-state index contributed by atoms with van der Waals surface area (Å²) in [7, 11) is 0. The fourth-order valence-electron chi connectivity index (χ4n) is 1.55. The first-order valence-electron chi connectivity index (χ1n) is 5.45. The van der Waals surface area contributed by atoms with Crippen LogP contribution < -0.4 is 11.1 Å². The smallest absolute Gasteiger partial charge is 0.147 e. The number of thiophene rings is 1. The van der Waals surface area contributed by atoms with Crippen molar-refractivity contribution in [3.05, 3.63) is 17.8 Å². The SMILES string of the molecule is CC(N)CCCNc1ncnc2ccsc12. The molecule has 1 unspecified atom stereocenters. The van der Waals surface area contributed by atoms with Crippen LogP contribution in [-0.2, 0) is 0 Å². The Hall–Kier alpha value is -1.20. The van der Waals surface area contributed by atoms with Crippen LogP contribution in [-0.4, -0.2) is 22.6 Å². The van der Waals surface area contributed by atoms with Gasteiger partial charge in [-0.1, -0.05) is 0 Å². The molecule has 0 bridgehead atoms. The minimum absolute atomic E-state index is 0.272. The summed E-state index contributed by atoms with van der Waals surface area (Å²) in [6.07, 6.45) is 3.70. The summed E-state index contributed by atoms with van der Waals surface area (Å²) >= 11 is 1.67. The number of anilines is 1. The molecule has 0 aliphatic rings. The van der Waals surface area contributed by atoms with Gasteiger partial charge in [-0.2, -0.15) is 0 Å². The van der Waals surface area contributed by atoms with Crippen molar-refractivity contribution in [3.63, 3.8) is 0 Å². The molecular weight excluding hydrogens is 220 g/mol. The zero-order chi connectivity index (χ0) is 11.4. The van der Waals surface area contributed by atoms with E-state index in [1.165, 1.54) is 0 Å². The van der Waals surface area contributed by atoms with Crippen LogP contribution in [0, 0.1) is 0 Å². The normalized spacial score (nSPS) is 12.9. The number of nitrogens with one attached hydrogen (secondary N) is 1. The summed E-state index contributed by atoms with van der Waals surface area (Å²) in [5.74, 6) is 0.935. The molecule has 0 fully saturated rings. The molecule has 0 aliphatic carbocycles. The van der Waals surface area contributed by atoms with Gasteiger partial charge in [0.15, 0.2) is 0 Å². The molecule has 0 spiro atoms. The third-order valence-electron chi connectivity index (χ3n) is 2.37. The molecule has 0 amide bonds. The van der Waals surface area contributed by atoms with Crippen molar-refractivity contribution in [1.29, 1.82) is 0 Å². The number of rotatable bonds is 5. The Morgan fingerprint density at radius 3 is 3.19 bits per heavy atom. The van der Waals surface area contributed by atoms with Crippen LogP contribution in [0.1, 0.15) is 19.8 Å². The minimum atomic E-state index is 0.272. The van der Waals surface area contributed by atoms with Crippen molar-refractivity contribution in [2.45, 2.75) is 25.8 Å². The van der Waals surface area contributed by atoms with E-state index in [1.807, 2.05) is 18.4 Å². The van der Waals surface area contributed by atoms with Crippen LogP contribution in [0.4, 0.5) is 5.82 Å². The number of nitrogens with zero attached hydrogens (tertiary/aromatic N) is 2. The molecule has 0 radical (unpaired) electrons. The van der Waals surface area contributed by atoms with E-state index in [2.05, 4.69) is 15.3 Å². The molecule has 0 aliphatic heterocycles. The maximum Gasteiger partial charge on any atom is 0.147 e. The van der Waals surface area contributed by atoms with Crippen molar-refractivity contribution >= 4 is 27.4 Å². The molecule has 2 rings (SSSR count). The van der Waals surface area contributed by atoms with Crippen LogP contribution in [0.25, 0.3) is 10.2 Å². The molecule has 0 saturated heterocycles. The third kappa shape index (κ3) is 2.68. The van der Waals surface area contributed by atoms with Crippen molar-refractivity contribution in [2.75, 3.05) is 11.9 Å². The zero-order valence-corrected chi connectivity index (χ0v) is 10.1. The molecule has 5 heteroatoms. The lowest BCUT2D eigenvalue weighted by atomic mass is 10.2. The number of hydrogen-bond donors (Lipinski definition) is 2. The van der Waals surface area contributed by atoms with Gasteiger partial charge in [0.2, 0.25) is 0 Å². The molecular formula is C11H16N4S. The van der Waals surface area contributed by atoms with Gasteiger partial charge in [-0.25, -0.2) is 9.97 Å². The summed E-state index contributed by atoms with van der Waals surface area (Å²) in [6.45, 7) is 2.94. The van der Waals surface area contributed by atoms with E-state index in [-0.39, 0.29) is 6.04 Å². The molecule has 4 nitrogen and oxygen atoms in total. The van der Waals surface area contributed by atoms with Crippen LogP contribution in [0.15, 0.2) is 17.8 Å². The van der Waals surface area contributed by atoms with Crippen LogP contribution >= 0.6 is 11.3 Å². The molecule has 2 aromatic heterocycles. The van der Waals surface area contributed by atoms with Crippen molar-refractivity contribution < 1.29 is 0 Å². The Morgan fingerprint density at radius 2 is 2.38 bits per heavy atom. The predicted molar refractivity (Wildman–Crippen MR) is 68.8 cm³/mol. The van der Waals surface area contributed by atoms with Crippen molar-refractivity contribution in [2.24, 2.45) is 5.73 Å². The average molecular weight is 236 g/mol. The van der Waals surface area contributed by atoms with Crippen molar-refractivity contribution in [3.8, 4) is 0 Å². The highest BCUT2D eigenvalue weighted by atomic mass is 32.1. The zero-order valence-electron chi connectivity index (χ0n) is 9.31. The molecule has 0 saturated carbocycles.